The highest BCUT2D eigenvalue weighted by Gasteiger charge is 2.60. The van der Waals surface area contributed by atoms with Gasteiger partial charge >= 0.3 is 0 Å². The lowest BCUT2D eigenvalue weighted by Gasteiger charge is -2.57. The van der Waals surface area contributed by atoms with Crippen LogP contribution in [0.2, 0.25) is 5.02 Å². The fourth-order valence-corrected chi connectivity index (χ4v) is 8.65. The molecular formula is C32H37ClN2O2. The Labute approximate surface area is 225 Å². The van der Waals surface area contributed by atoms with E-state index >= 15 is 0 Å². The molecule has 0 bridgehead atoms. The van der Waals surface area contributed by atoms with Crippen molar-refractivity contribution in [2.75, 3.05) is 0 Å². The van der Waals surface area contributed by atoms with Gasteiger partial charge in [0, 0.05) is 28.5 Å². The van der Waals surface area contributed by atoms with Crippen LogP contribution < -0.4 is 10.6 Å². The summed E-state index contributed by atoms with van der Waals surface area (Å²) in [6, 6.07) is 17.8. The Hall–Kier alpha value is -2.59. The number of carbonyl (C=O) groups is 2. The number of benzene rings is 2. The van der Waals surface area contributed by atoms with Crippen LogP contribution in [-0.4, -0.2) is 11.8 Å². The van der Waals surface area contributed by atoms with Crippen LogP contribution in [-0.2, 0) is 9.59 Å². The van der Waals surface area contributed by atoms with Crippen molar-refractivity contribution in [2.24, 2.45) is 34.5 Å². The molecule has 2 aromatic carbocycles. The molecule has 0 aromatic heterocycles. The number of allylic oxidation sites excluding steroid dienone is 2. The predicted octanol–water partition coefficient (Wildman–Crippen LogP) is 6.81. The first-order valence-corrected chi connectivity index (χ1v) is 14.3. The maximum absolute atomic E-state index is 14.0. The zero-order valence-corrected chi connectivity index (χ0v) is 22.6. The van der Waals surface area contributed by atoms with Crippen LogP contribution in [0.4, 0.5) is 0 Å². The zero-order valence-electron chi connectivity index (χ0n) is 21.8. The monoisotopic (exact) mass is 516 g/mol. The highest BCUT2D eigenvalue weighted by Crippen LogP contribution is 2.65. The Kier molecular flexibility index (Phi) is 6.22. The van der Waals surface area contributed by atoms with Gasteiger partial charge in [-0.2, -0.15) is 0 Å². The normalized spacial score (nSPS) is 35.3. The average molecular weight is 517 g/mol. The topological polar surface area (TPSA) is 58.2 Å². The highest BCUT2D eigenvalue weighted by molar-refractivity contribution is 6.30. The van der Waals surface area contributed by atoms with Gasteiger partial charge in [0.1, 0.15) is 0 Å². The highest BCUT2D eigenvalue weighted by atomic mass is 35.5. The van der Waals surface area contributed by atoms with Crippen LogP contribution in [0.3, 0.4) is 0 Å². The molecule has 3 fully saturated rings. The SMILES string of the molecule is C[C@]12CC[C@H]3[C@@H](CC=C4NC(=O)CC[C@@]43C)[C@@H]1CC[C@@H]2C(=O)NC(c1ccccc1)c1ccc(Cl)cc1. The molecule has 5 heteroatoms. The number of rotatable bonds is 4. The van der Waals surface area contributed by atoms with Crippen molar-refractivity contribution < 1.29 is 9.59 Å². The van der Waals surface area contributed by atoms with Gasteiger partial charge in [-0.15, -0.1) is 0 Å². The largest absolute Gasteiger partial charge is 0.345 e. The van der Waals surface area contributed by atoms with Crippen molar-refractivity contribution in [2.45, 2.75) is 64.8 Å². The van der Waals surface area contributed by atoms with E-state index < -0.39 is 0 Å². The molecule has 0 spiro atoms. The summed E-state index contributed by atoms with van der Waals surface area (Å²) >= 11 is 6.17. The average Bonchev–Trinajstić information content (AvgIpc) is 3.26. The third kappa shape index (κ3) is 4.12. The number of nitrogens with one attached hydrogen (secondary N) is 2. The fourth-order valence-electron chi connectivity index (χ4n) is 8.53. The summed E-state index contributed by atoms with van der Waals surface area (Å²) in [6.07, 6.45) is 9.15. The van der Waals surface area contributed by atoms with E-state index in [0.717, 1.165) is 55.3 Å². The lowest BCUT2D eigenvalue weighted by Crippen LogP contribution is -2.54. The molecule has 6 rings (SSSR count). The second-order valence-electron chi connectivity index (χ2n) is 12.3. The van der Waals surface area contributed by atoms with Crippen LogP contribution in [0.5, 0.6) is 0 Å². The molecule has 1 aliphatic heterocycles. The standard InChI is InChI=1S/C32H37ClN2O2/c1-31-18-16-25-23(12-15-27-32(25,2)19-17-28(36)34-27)24(31)13-14-26(31)30(37)35-29(20-6-4-3-5-7-20)21-8-10-22(33)11-9-21/h3-11,15,23-26,29H,12-14,16-19H2,1-2H3,(H,34,36)(H,35,37)/t23-,24-,25-,26+,29?,31-,32+/m0/s1. The molecule has 2 amide bonds. The Morgan fingerprint density at radius 3 is 2.46 bits per heavy atom. The smallest absolute Gasteiger partial charge is 0.224 e. The molecule has 2 aromatic rings. The molecule has 4 aliphatic rings. The zero-order chi connectivity index (χ0) is 25.8. The van der Waals surface area contributed by atoms with Crippen molar-refractivity contribution in [3.05, 3.63) is 82.5 Å². The minimum atomic E-state index is -0.199. The maximum Gasteiger partial charge on any atom is 0.224 e. The third-order valence-electron chi connectivity index (χ3n) is 10.5. The van der Waals surface area contributed by atoms with Crippen LogP contribution in [0, 0.1) is 34.5 Å². The molecule has 4 nitrogen and oxygen atoms in total. The van der Waals surface area contributed by atoms with E-state index in [0.29, 0.717) is 29.2 Å². The van der Waals surface area contributed by atoms with E-state index in [1.54, 1.807) is 0 Å². The number of piperidine rings is 1. The van der Waals surface area contributed by atoms with Gasteiger partial charge in [0.25, 0.3) is 0 Å². The van der Waals surface area contributed by atoms with Crippen molar-refractivity contribution >= 4 is 23.4 Å². The predicted molar refractivity (Wildman–Crippen MR) is 147 cm³/mol. The van der Waals surface area contributed by atoms with Crippen molar-refractivity contribution in [1.29, 1.82) is 0 Å². The molecule has 2 N–H and O–H groups in total. The maximum atomic E-state index is 14.0. The lowest BCUT2D eigenvalue weighted by molar-refractivity contribution is -0.133. The molecule has 37 heavy (non-hydrogen) atoms. The van der Waals surface area contributed by atoms with Crippen molar-refractivity contribution in [3.63, 3.8) is 0 Å². The van der Waals surface area contributed by atoms with Gasteiger partial charge in [-0.3, -0.25) is 9.59 Å². The molecule has 7 atom stereocenters. The van der Waals surface area contributed by atoms with Crippen molar-refractivity contribution in [3.8, 4) is 0 Å². The Morgan fingerprint density at radius 2 is 1.70 bits per heavy atom. The second kappa shape index (κ2) is 9.31. The van der Waals surface area contributed by atoms with E-state index in [2.05, 4.69) is 42.7 Å². The Bertz CT molecular complexity index is 1230. The first kappa shape index (κ1) is 24.7. The van der Waals surface area contributed by atoms with Crippen LogP contribution >= 0.6 is 11.6 Å². The minimum absolute atomic E-state index is 0.00605. The number of amides is 2. The summed E-state index contributed by atoms with van der Waals surface area (Å²) in [5.41, 5.74) is 3.36. The van der Waals surface area contributed by atoms with Gasteiger partial charge < -0.3 is 10.6 Å². The molecule has 1 saturated heterocycles. The number of fused-ring (bicyclic) bond motifs is 5. The van der Waals surface area contributed by atoms with Crippen molar-refractivity contribution in [1.82, 2.24) is 10.6 Å². The number of hydrogen-bond donors (Lipinski definition) is 2. The first-order chi connectivity index (χ1) is 17.8. The van der Waals surface area contributed by atoms with Gasteiger partial charge in [-0.1, -0.05) is 74.0 Å². The second-order valence-corrected chi connectivity index (χ2v) is 12.7. The van der Waals surface area contributed by atoms with Crippen LogP contribution in [0.15, 0.2) is 66.4 Å². The summed E-state index contributed by atoms with van der Waals surface area (Å²) in [5, 5.41) is 7.35. The van der Waals surface area contributed by atoms with Gasteiger partial charge in [0.05, 0.1) is 6.04 Å². The number of halogens is 1. The summed E-state index contributed by atoms with van der Waals surface area (Å²) in [6.45, 7) is 4.75. The van der Waals surface area contributed by atoms with Gasteiger partial charge in [0.2, 0.25) is 11.8 Å². The summed E-state index contributed by atoms with van der Waals surface area (Å²) in [7, 11) is 0. The molecule has 1 unspecified atom stereocenters. The van der Waals surface area contributed by atoms with E-state index in [1.807, 2.05) is 42.5 Å². The van der Waals surface area contributed by atoms with E-state index in [9.17, 15) is 9.59 Å². The van der Waals surface area contributed by atoms with E-state index in [1.165, 1.54) is 0 Å². The van der Waals surface area contributed by atoms with E-state index in [4.69, 9.17) is 11.6 Å². The summed E-state index contributed by atoms with van der Waals surface area (Å²) in [4.78, 5) is 26.1. The Balaban J connectivity index is 1.25. The summed E-state index contributed by atoms with van der Waals surface area (Å²) < 4.78 is 0. The number of carbonyl (C=O) groups excluding carboxylic acids is 2. The molecule has 0 radical (unpaired) electrons. The number of hydrogen-bond acceptors (Lipinski definition) is 2. The van der Waals surface area contributed by atoms with Crippen LogP contribution in [0.25, 0.3) is 0 Å². The molecule has 3 aliphatic carbocycles. The van der Waals surface area contributed by atoms with Gasteiger partial charge in [0.15, 0.2) is 0 Å². The lowest BCUT2D eigenvalue weighted by atomic mass is 9.49. The first-order valence-electron chi connectivity index (χ1n) is 13.9. The third-order valence-corrected chi connectivity index (χ3v) is 10.8. The van der Waals surface area contributed by atoms with Crippen LogP contribution in [0.1, 0.15) is 76.0 Å². The minimum Gasteiger partial charge on any atom is -0.345 e. The molecular weight excluding hydrogens is 480 g/mol. The van der Waals surface area contributed by atoms with Gasteiger partial charge in [-0.05, 0) is 85.0 Å². The quantitative estimate of drug-likeness (QED) is 0.469. The summed E-state index contributed by atoms with van der Waals surface area (Å²) in [5.74, 6) is 2.06. The van der Waals surface area contributed by atoms with Gasteiger partial charge in [-0.25, -0.2) is 0 Å². The molecule has 2 saturated carbocycles. The fraction of sp³-hybridized carbons (Fsp3) is 0.500. The molecule has 1 heterocycles. The Morgan fingerprint density at radius 1 is 0.973 bits per heavy atom. The van der Waals surface area contributed by atoms with E-state index in [-0.39, 0.29) is 34.6 Å². The molecule has 194 valence electrons.